The fraction of sp³-hybridized carbons (Fsp3) is 0.364. The van der Waals surface area contributed by atoms with E-state index < -0.39 is 0 Å². The van der Waals surface area contributed by atoms with E-state index in [0.717, 1.165) is 13.1 Å². The van der Waals surface area contributed by atoms with E-state index in [2.05, 4.69) is 26.7 Å². The van der Waals surface area contributed by atoms with Crippen molar-refractivity contribution in [2.45, 2.75) is 6.04 Å². The fourth-order valence-electron chi connectivity index (χ4n) is 2.09. The minimum atomic E-state index is 0.248. The second-order valence-electron chi connectivity index (χ2n) is 4.03. The maximum absolute atomic E-state index is 4.17. The van der Waals surface area contributed by atoms with Gasteiger partial charge in [0.05, 0.1) is 12.2 Å². The highest BCUT2D eigenvalue weighted by molar-refractivity contribution is 5.17. The molecule has 0 saturated carbocycles. The van der Waals surface area contributed by atoms with Crippen LogP contribution in [0.3, 0.4) is 0 Å². The zero-order valence-corrected chi connectivity index (χ0v) is 8.82. The first kappa shape index (κ1) is 9.47. The van der Waals surface area contributed by atoms with Gasteiger partial charge >= 0.3 is 0 Å². The lowest BCUT2D eigenvalue weighted by atomic mass is 9.89. The fourth-order valence-corrected chi connectivity index (χ4v) is 2.09. The highest BCUT2D eigenvalue weighted by Gasteiger charge is 2.30. The summed E-state index contributed by atoms with van der Waals surface area (Å²) in [7, 11) is 0. The molecule has 3 heterocycles. The van der Waals surface area contributed by atoms with E-state index in [4.69, 9.17) is 0 Å². The van der Waals surface area contributed by atoms with Crippen LogP contribution in [0.2, 0.25) is 0 Å². The first-order valence-corrected chi connectivity index (χ1v) is 5.41. The summed E-state index contributed by atoms with van der Waals surface area (Å²) in [6.07, 6.45) is 7.33. The Hall–Kier alpha value is -1.75. The summed E-state index contributed by atoms with van der Waals surface area (Å²) in [4.78, 5) is 4.17. The summed E-state index contributed by atoms with van der Waals surface area (Å²) in [6, 6.07) is 4.31. The molecule has 5 heteroatoms. The highest BCUT2D eigenvalue weighted by Crippen LogP contribution is 2.27. The Kier molecular flexibility index (Phi) is 2.38. The molecular weight excluding hydrogens is 202 g/mol. The molecule has 0 aromatic carbocycles. The zero-order chi connectivity index (χ0) is 10.8. The van der Waals surface area contributed by atoms with E-state index >= 15 is 0 Å². The summed E-state index contributed by atoms with van der Waals surface area (Å²) in [5.41, 5.74) is 1.19. The minimum absolute atomic E-state index is 0.248. The van der Waals surface area contributed by atoms with E-state index in [-0.39, 0.29) is 6.04 Å². The van der Waals surface area contributed by atoms with Crippen LogP contribution in [0.25, 0.3) is 0 Å². The maximum Gasteiger partial charge on any atom is 0.0853 e. The quantitative estimate of drug-likeness (QED) is 0.809. The number of aromatic nitrogens is 4. The molecule has 0 unspecified atom stereocenters. The van der Waals surface area contributed by atoms with Gasteiger partial charge in [0.15, 0.2) is 0 Å². The maximum atomic E-state index is 4.17. The summed E-state index contributed by atoms with van der Waals surface area (Å²) in [6.45, 7) is 2.05. The van der Waals surface area contributed by atoms with Crippen molar-refractivity contribution in [3.63, 3.8) is 0 Å². The molecule has 0 spiro atoms. The van der Waals surface area contributed by atoms with E-state index in [1.54, 1.807) is 12.4 Å². The molecule has 0 bridgehead atoms. The van der Waals surface area contributed by atoms with E-state index in [0.29, 0.717) is 5.92 Å². The van der Waals surface area contributed by atoms with Crippen molar-refractivity contribution in [3.8, 4) is 0 Å². The number of rotatable bonds is 3. The second-order valence-corrected chi connectivity index (χ2v) is 4.03. The summed E-state index contributed by atoms with van der Waals surface area (Å²) in [5, 5.41) is 11.3. The Morgan fingerprint density at radius 1 is 1.38 bits per heavy atom. The molecule has 5 nitrogen and oxygen atoms in total. The topological polar surface area (TPSA) is 55.6 Å². The molecule has 2 aromatic heterocycles. The van der Waals surface area contributed by atoms with E-state index in [1.165, 1.54) is 5.56 Å². The zero-order valence-electron chi connectivity index (χ0n) is 8.82. The monoisotopic (exact) mass is 215 g/mol. The van der Waals surface area contributed by atoms with Gasteiger partial charge in [0, 0.05) is 37.6 Å². The first-order chi connectivity index (χ1) is 7.95. The average Bonchev–Trinajstić information content (AvgIpc) is 2.77. The number of nitrogens with zero attached hydrogens (tertiary/aromatic N) is 4. The average molecular weight is 215 g/mol. The molecule has 16 heavy (non-hydrogen) atoms. The van der Waals surface area contributed by atoms with Gasteiger partial charge in [0.25, 0.3) is 0 Å². The molecule has 1 aliphatic rings. The number of hydrogen-bond acceptors (Lipinski definition) is 4. The van der Waals surface area contributed by atoms with Gasteiger partial charge < -0.3 is 5.32 Å². The van der Waals surface area contributed by atoms with Crippen molar-refractivity contribution in [1.82, 2.24) is 25.3 Å². The van der Waals surface area contributed by atoms with E-state index in [9.17, 15) is 0 Å². The largest absolute Gasteiger partial charge is 0.316 e. The van der Waals surface area contributed by atoms with Crippen LogP contribution < -0.4 is 5.32 Å². The summed E-state index contributed by atoms with van der Waals surface area (Å²) in [5.74, 6) is 0.575. The molecule has 0 amide bonds. The first-order valence-electron chi connectivity index (χ1n) is 5.41. The van der Waals surface area contributed by atoms with E-state index in [1.807, 2.05) is 23.1 Å². The molecule has 1 saturated heterocycles. The smallest absolute Gasteiger partial charge is 0.0853 e. The van der Waals surface area contributed by atoms with Gasteiger partial charge in [0.2, 0.25) is 0 Å². The summed E-state index contributed by atoms with van der Waals surface area (Å²) < 4.78 is 1.92. The van der Waals surface area contributed by atoms with Crippen molar-refractivity contribution in [1.29, 1.82) is 0 Å². The van der Waals surface area contributed by atoms with Gasteiger partial charge in [-0.3, -0.25) is 4.98 Å². The summed E-state index contributed by atoms with van der Waals surface area (Å²) >= 11 is 0. The molecular formula is C11H13N5. The van der Waals surface area contributed by atoms with Crippen LogP contribution in [-0.4, -0.2) is 33.1 Å². The molecule has 1 N–H and O–H groups in total. The van der Waals surface area contributed by atoms with Crippen LogP contribution >= 0.6 is 0 Å². The van der Waals surface area contributed by atoms with Gasteiger partial charge in [-0.05, 0) is 11.6 Å². The SMILES string of the molecule is c1cncc([C@@H](C2CNC2)n2ccnn2)c1. The van der Waals surface area contributed by atoms with Gasteiger partial charge in [-0.1, -0.05) is 11.3 Å². The number of hydrogen-bond donors (Lipinski definition) is 1. The third-order valence-electron chi connectivity index (χ3n) is 3.01. The van der Waals surface area contributed by atoms with Crippen LogP contribution in [-0.2, 0) is 0 Å². The second kappa shape index (κ2) is 4.02. The van der Waals surface area contributed by atoms with Crippen molar-refractivity contribution >= 4 is 0 Å². The minimum Gasteiger partial charge on any atom is -0.316 e. The van der Waals surface area contributed by atoms with Crippen LogP contribution in [0.15, 0.2) is 36.9 Å². The standard InChI is InChI=1S/C11H13N5/c1-2-9(6-12-3-1)11(10-7-13-8-10)16-5-4-14-15-16/h1-6,10-11,13H,7-8H2/t11-/m0/s1. The van der Waals surface area contributed by atoms with Crippen molar-refractivity contribution < 1.29 is 0 Å². The predicted octanol–water partition coefficient (Wildman–Crippen LogP) is 0.482. The Balaban J connectivity index is 1.96. The van der Waals surface area contributed by atoms with Crippen LogP contribution in [0, 0.1) is 5.92 Å². The third kappa shape index (κ3) is 1.59. The van der Waals surface area contributed by atoms with Gasteiger partial charge in [0.1, 0.15) is 0 Å². The molecule has 82 valence electrons. The highest BCUT2D eigenvalue weighted by atomic mass is 15.4. The molecule has 0 aliphatic carbocycles. The normalized spacial score (nSPS) is 18.0. The van der Waals surface area contributed by atoms with Crippen molar-refractivity contribution in [2.75, 3.05) is 13.1 Å². The van der Waals surface area contributed by atoms with Gasteiger partial charge in [-0.25, -0.2) is 4.68 Å². The molecule has 1 aliphatic heterocycles. The van der Waals surface area contributed by atoms with Crippen LogP contribution in [0.1, 0.15) is 11.6 Å². The Morgan fingerprint density at radius 2 is 2.31 bits per heavy atom. The molecule has 2 aromatic rings. The lowest BCUT2D eigenvalue weighted by molar-refractivity contribution is 0.249. The lowest BCUT2D eigenvalue weighted by Gasteiger charge is -2.34. The Labute approximate surface area is 93.5 Å². The molecule has 1 atom stereocenters. The third-order valence-corrected chi connectivity index (χ3v) is 3.01. The Bertz CT molecular complexity index is 435. The molecule has 3 rings (SSSR count). The lowest BCUT2D eigenvalue weighted by Crippen LogP contribution is -2.47. The van der Waals surface area contributed by atoms with Crippen LogP contribution in [0.5, 0.6) is 0 Å². The van der Waals surface area contributed by atoms with Gasteiger partial charge in [-0.15, -0.1) is 5.10 Å². The van der Waals surface area contributed by atoms with Gasteiger partial charge in [-0.2, -0.15) is 0 Å². The predicted molar refractivity (Wildman–Crippen MR) is 58.8 cm³/mol. The van der Waals surface area contributed by atoms with Crippen molar-refractivity contribution in [2.24, 2.45) is 5.92 Å². The van der Waals surface area contributed by atoms with Crippen molar-refractivity contribution in [3.05, 3.63) is 42.5 Å². The molecule has 0 radical (unpaired) electrons. The van der Waals surface area contributed by atoms with Crippen LogP contribution in [0.4, 0.5) is 0 Å². The molecule has 1 fully saturated rings. The Morgan fingerprint density at radius 3 is 2.88 bits per heavy atom. The number of pyridine rings is 1. The number of nitrogens with one attached hydrogen (secondary N) is 1.